The summed E-state index contributed by atoms with van der Waals surface area (Å²) in [7, 11) is 0. The molecular formula is C11H20O. The van der Waals surface area contributed by atoms with Gasteiger partial charge in [-0.05, 0) is 25.2 Å². The van der Waals surface area contributed by atoms with Gasteiger partial charge in [0.1, 0.15) is 0 Å². The Bertz CT molecular complexity index is 158. The highest BCUT2D eigenvalue weighted by Gasteiger charge is 2.28. The first-order valence-corrected chi connectivity index (χ1v) is 4.91. The van der Waals surface area contributed by atoms with Gasteiger partial charge in [0.25, 0.3) is 0 Å². The van der Waals surface area contributed by atoms with Crippen LogP contribution in [-0.4, -0.2) is 13.2 Å². The van der Waals surface area contributed by atoms with E-state index in [0.29, 0.717) is 11.3 Å². The maximum absolute atomic E-state index is 5.46. The Labute approximate surface area is 75.8 Å². The van der Waals surface area contributed by atoms with Gasteiger partial charge < -0.3 is 4.74 Å². The average Bonchev–Trinajstić information content (AvgIpc) is 2.02. The summed E-state index contributed by atoms with van der Waals surface area (Å²) in [5.41, 5.74) is 0.434. The van der Waals surface area contributed by atoms with Gasteiger partial charge in [0.2, 0.25) is 0 Å². The van der Waals surface area contributed by atoms with Crippen LogP contribution >= 0.6 is 0 Å². The maximum atomic E-state index is 5.46. The molecule has 1 heteroatoms. The van der Waals surface area contributed by atoms with Crippen LogP contribution in [0.2, 0.25) is 0 Å². The van der Waals surface area contributed by atoms with E-state index in [1.165, 1.54) is 12.8 Å². The standard InChI is InChI=1S/C11H20O/c1-4-12-9-10-7-5-6-8-11(10,2)3/h5,7,10H,4,6,8-9H2,1-3H3/t10-/m1/s1. The Morgan fingerprint density at radius 1 is 1.50 bits per heavy atom. The summed E-state index contributed by atoms with van der Waals surface area (Å²) in [6.45, 7) is 8.44. The molecule has 0 aliphatic heterocycles. The maximum Gasteiger partial charge on any atom is 0.0533 e. The molecule has 0 aromatic carbocycles. The summed E-state index contributed by atoms with van der Waals surface area (Å²) >= 11 is 0. The van der Waals surface area contributed by atoms with Crippen LogP contribution in [0, 0.1) is 11.3 Å². The van der Waals surface area contributed by atoms with E-state index in [1.54, 1.807) is 0 Å². The lowest BCUT2D eigenvalue weighted by Crippen LogP contribution is -2.28. The summed E-state index contributed by atoms with van der Waals surface area (Å²) in [5.74, 6) is 0.617. The molecule has 1 aliphatic carbocycles. The second-order valence-corrected chi connectivity index (χ2v) is 4.22. The summed E-state index contributed by atoms with van der Waals surface area (Å²) < 4.78 is 5.46. The normalized spacial score (nSPS) is 27.4. The second kappa shape index (κ2) is 4.08. The van der Waals surface area contributed by atoms with Gasteiger partial charge in [-0.2, -0.15) is 0 Å². The molecule has 1 atom stereocenters. The number of rotatable bonds is 3. The van der Waals surface area contributed by atoms with E-state index in [1.807, 2.05) is 0 Å². The van der Waals surface area contributed by atoms with Crippen LogP contribution in [0.15, 0.2) is 12.2 Å². The van der Waals surface area contributed by atoms with Crippen molar-refractivity contribution in [2.45, 2.75) is 33.6 Å². The summed E-state index contributed by atoms with van der Waals surface area (Å²) in [6.07, 6.45) is 7.13. The first kappa shape index (κ1) is 9.79. The van der Waals surface area contributed by atoms with Crippen molar-refractivity contribution in [3.05, 3.63) is 12.2 Å². The van der Waals surface area contributed by atoms with Gasteiger partial charge in [-0.15, -0.1) is 0 Å². The minimum atomic E-state index is 0.434. The molecule has 1 aliphatic rings. The van der Waals surface area contributed by atoms with Gasteiger partial charge in [-0.25, -0.2) is 0 Å². The fraction of sp³-hybridized carbons (Fsp3) is 0.818. The highest BCUT2D eigenvalue weighted by atomic mass is 16.5. The van der Waals surface area contributed by atoms with E-state index in [0.717, 1.165) is 13.2 Å². The van der Waals surface area contributed by atoms with Gasteiger partial charge >= 0.3 is 0 Å². The average molecular weight is 168 g/mol. The summed E-state index contributed by atoms with van der Waals surface area (Å²) in [6, 6.07) is 0. The van der Waals surface area contributed by atoms with Crippen LogP contribution in [0.1, 0.15) is 33.6 Å². The molecular weight excluding hydrogens is 148 g/mol. The predicted octanol–water partition coefficient (Wildman–Crippen LogP) is 3.02. The quantitative estimate of drug-likeness (QED) is 0.589. The van der Waals surface area contributed by atoms with Crippen LogP contribution in [0.25, 0.3) is 0 Å². The van der Waals surface area contributed by atoms with Crippen LogP contribution in [0.4, 0.5) is 0 Å². The first-order valence-electron chi connectivity index (χ1n) is 4.91. The molecule has 0 aromatic rings. The van der Waals surface area contributed by atoms with E-state index >= 15 is 0 Å². The lowest BCUT2D eigenvalue weighted by Gasteiger charge is -2.34. The van der Waals surface area contributed by atoms with Gasteiger partial charge in [-0.1, -0.05) is 26.0 Å². The molecule has 0 unspecified atom stereocenters. The van der Waals surface area contributed by atoms with Crippen molar-refractivity contribution < 1.29 is 4.74 Å². The van der Waals surface area contributed by atoms with Crippen molar-refractivity contribution in [2.75, 3.05) is 13.2 Å². The van der Waals surface area contributed by atoms with Crippen LogP contribution < -0.4 is 0 Å². The first-order chi connectivity index (χ1) is 5.67. The molecule has 0 spiro atoms. The number of hydrogen-bond acceptors (Lipinski definition) is 1. The third kappa shape index (κ3) is 2.34. The SMILES string of the molecule is CCOC[C@H]1C=CCCC1(C)C. The Hall–Kier alpha value is -0.300. The zero-order chi connectivity index (χ0) is 9.03. The Morgan fingerprint density at radius 2 is 2.25 bits per heavy atom. The second-order valence-electron chi connectivity index (χ2n) is 4.22. The lowest BCUT2D eigenvalue weighted by molar-refractivity contribution is 0.0710. The number of ether oxygens (including phenoxy) is 1. The lowest BCUT2D eigenvalue weighted by atomic mass is 9.73. The predicted molar refractivity (Wildman–Crippen MR) is 52.1 cm³/mol. The molecule has 0 N–H and O–H groups in total. The van der Waals surface area contributed by atoms with Crippen molar-refractivity contribution in [2.24, 2.45) is 11.3 Å². The molecule has 0 heterocycles. The van der Waals surface area contributed by atoms with Crippen molar-refractivity contribution in [1.82, 2.24) is 0 Å². The zero-order valence-electron chi connectivity index (χ0n) is 8.47. The van der Waals surface area contributed by atoms with E-state index < -0.39 is 0 Å². The monoisotopic (exact) mass is 168 g/mol. The molecule has 12 heavy (non-hydrogen) atoms. The third-order valence-electron chi connectivity index (χ3n) is 2.83. The minimum Gasteiger partial charge on any atom is -0.381 e. The van der Waals surface area contributed by atoms with Crippen LogP contribution in [0.3, 0.4) is 0 Å². The van der Waals surface area contributed by atoms with E-state index in [4.69, 9.17) is 4.74 Å². The Morgan fingerprint density at radius 3 is 2.83 bits per heavy atom. The van der Waals surface area contributed by atoms with Gasteiger partial charge in [0, 0.05) is 12.5 Å². The Balaban J connectivity index is 2.48. The molecule has 1 rings (SSSR count). The molecule has 1 nitrogen and oxygen atoms in total. The van der Waals surface area contributed by atoms with Crippen molar-refractivity contribution in [3.63, 3.8) is 0 Å². The summed E-state index contributed by atoms with van der Waals surface area (Å²) in [5, 5.41) is 0. The molecule has 0 amide bonds. The smallest absolute Gasteiger partial charge is 0.0533 e. The fourth-order valence-corrected chi connectivity index (χ4v) is 1.69. The molecule has 0 fully saturated rings. The molecule has 0 radical (unpaired) electrons. The topological polar surface area (TPSA) is 9.23 Å². The summed E-state index contributed by atoms with van der Waals surface area (Å²) in [4.78, 5) is 0. The van der Waals surface area contributed by atoms with Gasteiger partial charge in [0.05, 0.1) is 6.61 Å². The zero-order valence-corrected chi connectivity index (χ0v) is 8.47. The van der Waals surface area contributed by atoms with Crippen molar-refractivity contribution in [3.8, 4) is 0 Å². The molecule has 0 saturated heterocycles. The van der Waals surface area contributed by atoms with Gasteiger partial charge in [-0.3, -0.25) is 0 Å². The highest BCUT2D eigenvalue weighted by molar-refractivity contribution is 5.00. The van der Waals surface area contributed by atoms with Crippen LogP contribution in [0.5, 0.6) is 0 Å². The van der Waals surface area contributed by atoms with E-state index in [2.05, 4.69) is 32.9 Å². The fourth-order valence-electron chi connectivity index (χ4n) is 1.69. The van der Waals surface area contributed by atoms with E-state index in [-0.39, 0.29) is 0 Å². The Kier molecular flexibility index (Phi) is 3.33. The number of allylic oxidation sites excluding steroid dienone is 1. The minimum absolute atomic E-state index is 0.434. The van der Waals surface area contributed by atoms with Crippen molar-refractivity contribution >= 4 is 0 Å². The largest absolute Gasteiger partial charge is 0.381 e. The number of hydrogen-bond donors (Lipinski definition) is 0. The van der Waals surface area contributed by atoms with Gasteiger partial charge in [0.15, 0.2) is 0 Å². The molecule has 0 saturated carbocycles. The third-order valence-corrected chi connectivity index (χ3v) is 2.83. The van der Waals surface area contributed by atoms with Crippen LogP contribution in [-0.2, 0) is 4.74 Å². The molecule has 70 valence electrons. The van der Waals surface area contributed by atoms with E-state index in [9.17, 15) is 0 Å². The highest BCUT2D eigenvalue weighted by Crippen LogP contribution is 2.36. The molecule has 0 bridgehead atoms. The molecule has 0 aromatic heterocycles. The van der Waals surface area contributed by atoms with Crippen molar-refractivity contribution in [1.29, 1.82) is 0 Å².